The summed E-state index contributed by atoms with van der Waals surface area (Å²) in [6.07, 6.45) is 1.70. The molecule has 1 heterocycles. The van der Waals surface area contributed by atoms with Gasteiger partial charge in [-0.05, 0) is 31.2 Å². The highest BCUT2D eigenvalue weighted by Crippen LogP contribution is 2.17. The second-order valence-electron chi connectivity index (χ2n) is 5.33. The number of hydrogen-bond acceptors (Lipinski definition) is 5. The number of ketones is 1. The third-order valence-corrected chi connectivity index (χ3v) is 4.22. The Morgan fingerprint density at radius 1 is 1.04 bits per heavy atom. The minimum Gasteiger partial charge on any atom is -0.484 e. The summed E-state index contributed by atoms with van der Waals surface area (Å²) in [7, 11) is 0. The molecule has 3 aromatic rings. The van der Waals surface area contributed by atoms with Crippen molar-refractivity contribution in [1.29, 1.82) is 0 Å². The zero-order valence-corrected chi connectivity index (χ0v) is 14.4. The van der Waals surface area contributed by atoms with E-state index in [-0.39, 0.29) is 18.3 Å². The lowest BCUT2D eigenvalue weighted by Gasteiger charge is -2.07. The molecule has 2 aromatic carbocycles. The van der Waals surface area contributed by atoms with E-state index in [1.807, 2.05) is 25.1 Å². The zero-order chi connectivity index (χ0) is 17.6. The van der Waals surface area contributed by atoms with E-state index in [1.165, 1.54) is 11.3 Å². The van der Waals surface area contributed by atoms with Crippen LogP contribution in [0.25, 0.3) is 0 Å². The van der Waals surface area contributed by atoms with Crippen LogP contribution >= 0.6 is 11.3 Å². The Hall–Kier alpha value is -2.99. The number of aryl methyl sites for hydroxylation is 1. The van der Waals surface area contributed by atoms with Crippen molar-refractivity contribution in [2.24, 2.45) is 0 Å². The lowest BCUT2D eigenvalue weighted by Crippen LogP contribution is -2.20. The predicted octanol–water partition coefficient (Wildman–Crippen LogP) is 3.70. The van der Waals surface area contributed by atoms with Gasteiger partial charge < -0.3 is 4.74 Å². The second kappa shape index (κ2) is 7.72. The highest BCUT2D eigenvalue weighted by Gasteiger charge is 2.09. The van der Waals surface area contributed by atoms with E-state index in [9.17, 15) is 9.59 Å². The normalized spacial score (nSPS) is 10.3. The van der Waals surface area contributed by atoms with E-state index in [0.29, 0.717) is 22.0 Å². The van der Waals surface area contributed by atoms with Crippen molar-refractivity contribution in [3.63, 3.8) is 0 Å². The largest absolute Gasteiger partial charge is 0.484 e. The number of hydrogen-bond donors (Lipinski definition) is 1. The zero-order valence-electron chi connectivity index (χ0n) is 13.6. The first-order valence-electron chi connectivity index (χ1n) is 7.67. The molecule has 5 nitrogen and oxygen atoms in total. The van der Waals surface area contributed by atoms with Crippen LogP contribution in [0.3, 0.4) is 0 Å². The Balaban J connectivity index is 1.55. The minimum atomic E-state index is -0.279. The number of rotatable bonds is 6. The van der Waals surface area contributed by atoms with Crippen LogP contribution in [0, 0.1) is 6.92 Å². The highest BCUT2D eigenvalue weighted by atomic mass is 32.1. The van der Waals surface area contributed by atoms with Gasteiger partial charge in [-0.2, -0.15) is 0 Å². The van der Waals surface area contributed by atoms with Crippen LogP contribution in [-0.2, 0) is 4.79 Å². The van der Waals surface area contributed by atoms with E-state index in [0.717, 1.165) is 4.88 Å². The van der Waals surface area contributed by atoms with Crippen molar-refractivity contribution < 1.29 is 14.3 Å². The van der Waals surface area contributed by atoms with Gasteiger partial charge in [0.15, 0.2) is 17.5 Å². The number of benzene rings is 2. The number of carbonyl (C=O) groups is 2. The number of carbonyl (C=O) groups excluding carboxylic acids is 2. The van der Waals surface area contributed by atoms with Gasteiger partial charge in [0.1, 0.15) is 5.75 Å². The monoisotopic (exact) mass is 352 g/mol. The third kappa shape index (κ3) is 4.51. The summed E-state index contributed by atoms with van der Waals surface area (Å²) in [6, 6.07) is 15.8. The van der Waals surface area contributed by atoms with Gasteiger partial charge in [-0.15, -0.1) is 11.3 Å². The average molecular weight is 352 g/mol. The SMILES string of the molecule is Cc1cnc(NC(=O)COc2ccc(C(=O)c3ccccc3)cc2)s1. The molecule has 0 bridgehead atoms. The fourth-order valence-corrected chi connectivity index (χ4v) is 2.86. The van der Waals surface area contributed by atoms with Crippen molar-refractivity contribution in [3.8, 4) is 5.75 Å². The second-order valence-corrected chi connectivity index (χ2v) is 6.57. The molecule has 1 N–H and O–H groups in total. The highest BCUT2D eigenvalue weighted by molar-refractivity contribution is 7.15. The van der Waals surface area contributed by atoms with Crippen molar-refractivity contribution in [1.82, 2.24) is 4.98 Å². The maximum Gasteiger partial charge on any atom is 0.264 e. The maximum absolute atomic E-state index is 12.3. The standard InChI is InChI=1S/C19H16N2O3S/c1-13-11-20-19(25-13)21-17(22)12-24-16-9-7-15(8-10-16)18(23)14-5-3-2-4-6-14/h2-11H,12H2,1H3,(H,20,21,22). The molecule has 1 amide bonds. The van der Waals surface area contributed by atoms with Gasteiger partial charge in [0.05, 0.1) is 0 Å². The van der Waals surface area contributed by atoms with Crippen LogP contribution in [0.5, 0.6) is 5.75 Å². The number of amides is 1. The van der Waals surface area contributed by atoms with E-state index in [4.69, 9.17) is 4.74 Å². The molecule has 0 fully saturated rings. The van der Waals surface area contributed by atoms with Gasteiger partial charge in [0.2, 0.25) is 0 Å². The number of ether oxygens (including phenoxy) is 1. The quantitative estimate of drug-likeness (QED) is 0.687. The Morgan fingerprint density at radius 3 is 2.36 bits per heavy atom. The Kier molecular flexibility index (Phi) is 5.20. The summed E-state index contributed by atoms with van der Waals surface area (Å²) in [6.45, 7) is 1.80. The molecule has 0 spiro atoms. The molecule has 0 atom stereocenters. The summed E-state index contributed by atoms with van der Waals surface area (Å²) in [4.78, 5) is 29.2. The summed E-state index contributed by atoms with van der Waals surface area (Å²) in [5, 5.41) is 3.22. The molecule has 126 valence electrons. The van der Waals surface area contributed by atoms with Crippen molar-refractivity contribution >= 4 is 28.2 Å². The number of thiazole rings is 1. The Morgan fingerprint density at radius 2 is 1.72 bits per heavy atom. The first kappa shape index (κ1) is 16.9. The molecular weight excluding hydrogens is 336 g/mol. The minimum absolute atomic E-state index is 0.0518. The van der Waals surface area contributed by atoms with Crippen LogP contribution in [-0.4, -0.2) is 23.3 Å². The topological polar surface area (TPSA) is 68.3 Å². The fourth-order valence-electron chi connectivity index (χ4n) is 2.18. The molecule has 6 heteroatoms. The van der Waals surface area contributed by atoms with Crippen LogP contribution in [0.15, 0.2) is 60.8 Å². The van der Waals surface area contributed by atoms with E-state index in [1.54, 1.807) is 42.6 Å². The van der Waals surface area contributed by atoms with Crippen LogP contribution < -0.4 is 10.1 Å². The number of aromatic nitrogens is 1. The molecule has 0 unspecified atom stereocenters. The number of nitrogens with zero attached hydrogens (tertiary/aromatic N) is 1. The van der Waals surface area contributed by atoms with Gasteiger partial charge in [0, 0.05) is 22.2 Å². The van der Waals surface area contributed by atoms with Gasteiger partial charge in [-0.3, -0.25) is 14.9 Å². The van der Waals surface area contributed by atoms with Crippen molar-refractivity contribution in [2.45, 2.75) is 6.92 Å². The molecule has 0 aliphatic carbocycles. The van der Waals surface area contributed by atoms with E-state index < -0.39 is 0 Å². The lowest BCUT2D eigenvalue weighted by molar-refractivity contribution is -0.118. The van der Waals surface area contributed by atoms with Crippen LogP contribution in [0.1, 0.15) is 20.8 Å². The average Bonchev–Trinajstić information content (AvgIpc) is 3.05. The van der Waals surface area contributed by atoms with Crippen molar-refractivity contribution in [3.05, 3.63) is 76.8 Å². The summed E-state index contributed by atoms with van der Waals surface area (Å²) >= 11 is 1.40. The molecular formula is C19H16N2O3S. The lowest BCUT2D eigenvalue weighted by atomic mass is 10.0. The van der Waals surface area contributed by atoms with Gasteiger partial charge >= 0.3 is 0 Å². The van der Waals surface area contributed by atoms with Gasteiger partial charge in [-0.25, -0.2) is 4.98 Å². The van der Waals surface area contributed by atoms with Crippen LogP contribution in [0.2, 0.25) is 0 Å². The first-order chi connectivity index (χ1) is 12.1. The van der Waals surface area contributed by atoms with Gasteiger partial charge in [0.25, 0.3) is 5.91 Å². The smallest absolute Gasteiger partial charge is 0.264 e. The van der Waals surface area contributed by atoms with Crippen molar-refractivity contribution in [2.75, 3.05) is 11.9 Å². The number of nitrogens with one attached hydrogen (secondary N) is 1. The van der Waals surface area contributed by atoms with Crippen LogP contribution in [0.4, 0.5) is 5.13 Å². The van der Waals surface area contributed by atoms with E-state index in [2.05, 4.69) is 10.3 Å². The summed E-state index contributed by atoms with van der Waals surface area (Å²) in [5.41, 5.74) is 1.20. The molecule has 25 heavy (non-hydrogen) atoms. The number of anilines is 1. The molecule has 0 radical (unpaired) electrons. The predicted molar refractivity (Wildman–Crippen MR) is 97.3 cm³/mol. The molecule has 0 aliphatic rings. The molecule has 0 aliphatic heterocycles. The molecule has 1 aromatic heterocycles. The maximum atomic E-state index is 12.3. The Bertz CT molecular complexity index is 873. The van der Waals surface area contributed by atoms with E-state index >= 15 is 0 Å². The first-order valence-corrected chi connectivity index (χ1v) is 8.48. The van der Waals surface area contributed by atoms with Gasteiger partial charge in [-0.1, -0.05) is 30.3 Å². The summed E-state index contributed by atoms with van der Waals surface area (Å²) in [5.74, 6) is 0.193. The third-order valence-electron chi connectivity index (χ3n) is 3.39. The Labute approximate surface area is 149 Å². The summed E-state index contributed by atoms with van der Waals surface area (Å²) < 4.78 is 5.44. The molecule has 0 saturated carbocycles. The molecule has 3 rings (SSSR count). The molecule has 0 saturated heterocycles. The fraction of sp³-hybridized carbons (Fsp3) is 0.105.